The Morgan fingerprint density at radius 1 is 1.64 bits per heavy atom. The molecule has 0 radical (unpaired) electrons. The van der Waals surface area contributed by atoms with Crippen molar-refractivity contribution in [3.63, 3.8) is 0 Å². The van der Waals surface area contributed by atoms with Crippen LogP contribution in [-0.2, 0) is 0 Å². The van der Waals surface area contributed by atoms with E-state index in [-0.39, 0.29) is 10.7 Å². The monoisotopic (exact) mass is 275 g/mol. The average molecular weight is 277 g/mol. The van der Waals surface area contributed by atoms with Crippen LogP contribution in [0.3, 0.4) is 0 Å². The van der Waals surface area contributed by atoms with E-state index in [1.807, 2.05) is 0 Å². The van der Waals surface area contributed by atoms with E-state index in [4.69, 9.17) is 16.7 Å². The van der Waals surface area contributed by atoms with E-state index in [2.05, 4.69) is 20.9 Å². The van der Waals surface area contributed by atoms with Gasteiger partial charge in [-0.15, -0.1) is 0 Å². The first-order chi connectivity index (χ1) is 6.59. The Bertz CT molecular complexity index is 404. The van der Waals surface area contributed by atoms with Crippen LogP contribution in [-0.4, -0.2) is 16.1 Å². The van der Waals surface area contributed by atoms with Crippen LogP contribution in [0.1, 0.15) is 34.8 Å². The molecule has 74 valence electrons. The van der Waals surface area contributed by atoms with Gasteiger partial charge < -0.3 is 5.11 Å². The molecular weight excluding hydrogens is 269 g/mol. The lowest BCUT2D eigenvalue weighted by Gasteiger charge is -2.04. The van der Waals surface area contributed by atoms with Gasteiger partial charge >= 0.3 is 5.97 Å². The van der Waals surface area contributed by atoms with Crippen molar-refractivity contribution in [1.29, 1.82) is 0 Å². The SMILES string of the molecule is O=C(O)c1cc(C2CC2)nc(Cl)c1Br. The highest BCUT2D eigenvalue weighted by Gasteiger charge is 2.27. The van der Waals surface area contributed by atoms with Gasteiger partial charge in [0.2, 0.25) is 0 Å². The van der Waals surface area contributed by atoms with Gasteiger partial charge in [0.05, 0.1) is 10.0 Å². The molecule has 0 aromatic carbocycles. The fourth-order valence-electron chi connectivity index (χ4n) is 1.26. The molecular formula is C9H7BrClNO2. The minimum Gasteiger partial charge on any atom is -0.478 e. The van der Waals surface area contributed by atoms with Crippen molar-refractivity contribution in [2.24, 2.45) is 0 Å². The summed E-state index contributed by atoms with van der Waals surface area (Å²) in [6.07, 6.45) is 2.15. The van der Waals surface area contributed by atoms with Crippen molar-refractivity contribution in [3.8, 4) is 0 Å². The largest absolute Gasteiger partial charge is 0.478 e. The number of pyridine rings is 1. The Balaban J connectivity index is 2.51. The molecule has 0 bridgehead atoms. The third-order valence-electron chi connectivity index (χ3n) is 2.16. The molecule has 1 heterocycles. The number of carbonyl (C=O) groups is 1. The van der Waals surface area contributed by atoms with Gasteiger partial charge in [-0.3, -0.25) is 0 Å². The summed E-state index contributed by atoms with van der Waals surface area (Å²) in [7, 11) is 0. The lowest BCUT2D eigenvalue weighted by molar-refractivity contribution is 0.0695. The summed E-state index contributed by atoms with van der Waals surface area (Å²) < 4.78 is 0.357. The molecule has 1 N–H and O–H groups in total. The lowest BCUT2D eigenvalue weighted by atomic mass is 10.2. The fraction of sp³-hybridized carbons (Fsp3) is 0.333. The van der Waals surface area contributed by atoms with Crippen molar-refractivity contribution in [2.75, 3.05) is 0 Å². The molecule has 0 unspecified atom stereocenters. The molecule has 5 heteroatoms. The third kappa shape index (κ3) is 1.77. The normalized spacial score (nSPS) is 15.6. The van der Waals surface area contributed by atoms with E-state index in [1.165, 1.54) is 0 Å². The molecule has 0 atom stereocenters. The molecule has 2 rings (SSSR count). The molecule has 14 heavy (non-hydrogen) atoms. The van der Waals surface area contributed by atoms with Crippen LogP contribution >= 0.6 is 27.5 Å². The quantitative estimate of drug-likeness (QED) is 0.845. The molecule has 3 nitrogen and oxygen atoms in total. The molecule has 1 aromatic rings. The minimum atomic E-state index is -0.983. The maximum atomic E-state index is 10.9. The van der Waals surface area contributed by atoms with Gasteiger partial charge in [0.25, 0.3) is 0 Å². The zero-order valence-corrected chi connectivity index (χ0v) is 9.47. The third-order valence-corrected chi connectivity index (χ3v) is 3.47. The number of aromatic nitrogens is 1. The predicted octanol–water partition coefficient (Wildman–Crippen LogP) is 3.07. The summed E-state index contributed by atoms with van der Waals surface area (Å²) in [6.45, 7) is 0. The van der Waals surface area contributed by atoms with Gasteiger partial charge in [-0.05, 0) is 34.8 Å². The molecule has 1 saturated carbocycles. The van der Waals surface area contributed by atoms with Crippen LogP contribution < -0.4 is 0 Å². The van der Waals surface area contributed by atoms with Gasteiger partial charge in [0, 0.05) is 11.6 Å². The zero-order chi connectivity index (χ0) is 10.3. The number of hydrogen-bond donors (Lipinski definition) is 1. The molecule has 1 aliphatic rings. The number of halogens is 2. The molecule has 1 aromatic heterocycles. The molecule has 0 amide bonds. The summed E-state index contributed by atoms with van der Waals surface area (Å²) in [4.78, 5) is 15.0. The highest BCUT2D eigenvalue weighted by Crippen LogP contribution is 2.41. The highest BCUT2D eigenvalue weighted by atomic mass is 79.9. The lowest BCUT2D eigenvalue weighted by Crippen LogP contribution is -2.01. The van der Waals surface area contributed by atoms with Crippen molar-refractivity contribution >= 4 is 33.5 Å². The maximum absolute atomic E-state index is 10.9. The van der Waals surface area contributed by atoms with Crippen LogP contribution in [0.2, 0.25) is 5.15 Å². The number of rotatable bonds is 2. The number of aromatic carboxylic acids is 1. The van der Waals surface area contributed by atoms with Crippen molar-refractivity contribution in [3.05, 3.63) is 26.9 Å². The van der Waals surface area contributed by atoms with Crippen molar-refractivity contribution in [2.45, 2.75) is 18.8 Å². The van der Waals surface area contributed by atoms with Gasteiger partial charge in [-0.2, -0.15) is 0 Å². The van der Waals surface area contributed by atoms with Crippen molar-refractivity contribution < 1.29 is 9.90 Å². The standard InChI is InChI=1S/C9H7BrClNO2/c10-7-5(9(13)14)3-6(4-1-2-4)12-8(7)11/h3-4H,1-2H2,(H,13,14). The number of hydrogen-bond acceptors (Lipinski definition) is 2. The molecule has 0 aliphatic heterocycles. The smallest absolute Gasteiger partial charge is 0.337 e. The first-order valence-corrected chi connectivity index (χ1v) is 5.36. The molecule has 0 saturated heterocycles. The fourth-order valence-corrected chi connectivity index (χ4v) is 1.83. The summed E-state index contributed by atoms with van der Waals surface area (Å²) >= 11 is 8.92. The van der Waals surface area contributed by atoms with E-state index in [9.17, 15) is 4.79 Å². The summed E-state index contributed by atoms with van der Waals surface area (Å²) in [5.41, 5.74) is 0.975. The van der Waals surface area contributed by atoms with Crippen LogP contribution in [0.4, 0.5) is 0 Å². The minimum absolute atomic E-state index is 0.187. The summed E-state index contributed by atoms with van der Waals surface area (Å²) in [5.74, 6) is -0.582. The van der Waals surface area contributed by atoms with Gasteiger partial charge in [0.15, 0.2) is 0 Å². The topological polar surface area (TPSA) is 50.2 Å². The first-order valence-electron chi connectivity index (χ1n) is 4.19. The Hall–Kier alpha value is -0.610. The van der Waals surface area contributed by atoms with E-state index in [0.29, 0.717) is 10.4 Å². The Labute approximate surface area is 94.2 Å². The molecule has 1 fully saturated rings. The van der Waals surface area contributed by atoms with E-state index in [0.717, 1.165) is 18.5 Å². The predicted molar refractivity (Wildman–Crippen MR) is 55.9 cm³/mol. The van der Waals surface area contributed by atoms with Crippen LogP contribution in [0.15, 0.2) is 10.5 Å². The number of carboxylic acids is 1. The Morgan fingerprint density at radius 3 is 2.79 bits per heavy atom. The second-order valence-electron chi connectivity index (χ2n) is 3.28. The highest BCUT2D eigenvalue weighted by molar-refractivity contribution is 9.10. The second-order valence-corrected chi connectivity index (χ2v) is 4.43. The summed E-state index contributed by atoms with van der Waals surface area (Å²) in [5, 5.41) is 9.13. The second kappa shape index (κ2) is 3.51. The number of carboxylic acid groups (broad SMARTS) is 1. The summed E-state index contributed by atoms with van der Waals surface area (Å²) in [6, 6.07) is 1.59. The van der Waals surface area contributed by atoms with Crippen molar-refractivity contribution in [1.82, 2.24) is 4.98 Å². The van der Waals surface area contributed by atoms with Gasteiger partial charge in [-0.1, -0.05) is 11.6 Å². The average Bonchev–Trinajstić information content (AvgIpc) is 2.91. The van der Waals surface area contributed by atoms with Crippen LogP contribution in [0, 0.1) is 0 Å². The molecule has 1 aliphatic carbocycles. The maximum Gasteiger partial charge on any atom is 0.337 e. The van der Waals surface area contributed by atoms with Crippen LogP contribution in [0.5, 0.6) is 0 Å². The number of nitrogens with zero attached hydrogens (tertiary/aromatic N) is 1. The van der Waals surface area contributed by atoms with E-state index in [1.54, 1.807) is 6.07 Å². The van der Waals surface area contributed by atoms with Crippen LogP contribution in [0.25, 0.3) is 0 Å². The zero-order valence-electron chi connectivity index (χ0n) is 7.13. The molecule has 0 spiro atoms. The first kappa shape index (κ1) is 9.93. The Morgan fingerprint density at radius 2 is 2.29 bits per heavy atom. The van der Waals surface area contributed by atoms with E-state index >= 15 is 0 Å². The van der Waals surface area contributed by atoms with Gasteiger partial charge in [0.1, 0.15) is 5.15 Å². The Kier molecular flexibility index (Phi) is 2.49. The van der Waals surface area contributed by atoms with Gasteiger partial charge in [-0.25, -0.2) is 9.78 Å². The van der Waals surface area contributed by atoms with E-state index < -0.39 is 5.97 Å².